The van der Waals surface area contributed by atoms with Crippen molar-refractivity contribution >= 4 is 21.6 Å². The summed E-state index contributed by atoms with van der Waals surface area (Å²) in [5.74, 6) is 0.868. The maximum atomic E-state index is 6.73. The van der Waals surface area contributed by atoms with E-state index in [1.165, 1.54) is 4.70 Å². The molecule has 1 saturated heterocycles. The van der Waals surface area contributed by atoms with Crippen LogP contribution in [0.15, 0.2) is 60.9 Å². The zero-order valence-corrected chi connectivity index (χ0v) is 20.4. The highest BCUT2D eigenvalue weighted by Crippen LogP contribution is 2.36. The molecule has 34 heavy (non-hydrogen) atoms. The molecule has 1 fully saturated rings. The number of piperidine rings is 1. The molecule has 2 aromatic carbocycles. The van der Waals surface area contributed by atoms with Crippen molar-refractivity contribution in [3.63, 3.8) is 0 Å². The number of ether oxygens (including phenoxy) is 2. The average molecular weight is 478 g/mol. The molecule has 1 aliphatic rings. The Kier molecular flexibility index (Phi) is 7.48. The molecule has 2 aromatic heterocycles. The Labute approximate surface area is 204 Å². The van der Waals surface area contributed by atoms with E-state index in [9.17, 15) is 0 Å². The van der Waals surface area contributed by atoms with Crippen molar-refractivity contribution in [2.75, 3.05) is 26.7 Å². The number of aryl methyl sites for hydroxylation is 1. The van der Waals surface area contributed by atoms with Gasteiger partial charge in [0.25, 0.3) is 0 Å². The number of rotatable bonds is 10. The van der Waals surface area contributed by atoms with Crippen molar-refractivity contribution in [1.82, 2.24) is 24.9 Å². The SMILES string of the molecule is CN1CCC(OC(c2cccc(OCCCCn3nccn3)c2)c2nc3ccccc3s2)CC1. The van der Waals surface area contributed by atoms with Gasteiger partial charge in [0.15, 0.2) is 0 Å². The lowest BCUT2D eigenvalue weighted by Crippen LogP contribution is -2.35. The Hall–Kier alpha value is -2.81. The molecule has 0 N–H and O–H groups in total. The van der Waals surface area contributed by atoms with Gasteiger partial charge in [-0.05, 0) is 62.6 Å². The van der Waals surface area contributed by atoms with Gasteiger partial charge in [-0.3, -0.25) is 0 Å². The number of likely N-dealkylation sites (tertiary alicyclic amines) is 1. The molecule has 0 aliphatic carbocycles. The van der Waals surface area contributed by atoms with E-state index in [1.54, 1.807) is 28.5 Å². The van der Waals surface area contributed by atoms with E-state index < -0.39 is 0 Å². The van der Waals surface area contributed by atoms with Gasteiger partial charge in [0.1, 0.15) is 16.9 Å². The molecule has 3 heterocycles. The number of nitrogens with zero attached hydrogens (tertiary/aromatic N) is 5. The Morgan fingerprint density at radius 1 is 1.03 bits per heavy atom. The van der Waals surface area contributed by atoms with Crippen LogP contribution in [0.1, 0.15) is 42.4 Å². The van der Waals surface area contributed by atoms with Crippen LogP contribution in [0.3, 0.4) is 0 Å². The first-order valence-electron chi connectivity index (χ1n) is 12.0. The quantitative estimate of drug-likeness (QED) is 0.301. The van der Waals surface area contributed by atoms with Crippen molar-refractivity contribution in [2.45, 2.75) is 44.4 Å². The molecule has 1 aliphatic heterocycles. The molecular formula is C26H31N5O2S. The lowest BCUT2D eigenvalue weighted by atomic mass is 10.1. The van der Waals surface area contributed by atoms with E-state index >= 15 is 0 Å². The lowest BCUT2D eigenvalue weighted by Gasteiger charge is -2.31. The van der Waals surface area contributed by atoms with Gasteiger partial charge in [-0.15, -0.1) is 11.3 Å². The van der Waals surface area contributed by atoms with Crippen molar-refractivity contribution in [3.8, 4) is 5.75 Å². The average Bonchev–Trinajstić information content (AvgIpc) is 3.53. The Bertz CT molecular complexity index is 1140. The number of hydrogen-bond donors (Lipinski definition) is 0. The molecule has 4 aromatic rings. The largest absolute Gasteiger partial charge is 0.494 e. The van der Waals surface area contributed by atoms with Gasteiger partial charge in [-0.25, -0.2) is 4.98 Å². The number of unbranched alkanes of at least 4 members (excludes halogenated alkanes) is 1. The first-order chi connectivity index (χ1) is 16.7. The molecule has 0 radical (unpaired) electrons. The summed E-state index contributed by atoms with van der Waals surface area (Å²) in [4.78, 5) is 9.01. The molecule has 1 unspecified atom stereocenters. The maximum Gasteiger partial charge on any atom is 0.135 e. The lowest BCUT2D eigenvalue weighted by molar-refractivity contribution is -0.0235. The second kappa shape index (κ2) is 11.1. The summed E-state index contributed by atoms with van der Waals surface area (Å²) in [7, 11) is 2.17. The summed E-state index contributed by atoms with van der Waals surface area (Å²) in [5, 5.41) is 9.29. The van der Waals surface area contributed by atoms with Gasteiger partial charge < -0.3 is 14.4 Å². The minimum absolute atomic E-state index is 0.194. The molecule has 1 atom stereocenters. The summed E-state index contributed by atoms with van der Waals surface area (Å²) in [6.45, 7) is 3.59. The molecule has 0 saturated carbocycles. The van der Waals surface area contributed by atoms with Gasteiger partial charge in [0.05, 0.1) is 41.9 Å². The second-order valence-corrected chi connectivity index (χ2v) is 9.85. The van der Waals surface area contributed by atoms with Crippen LogP contribution in [0, 0.1) is 0 Å². The minimum Gasteiger partial charge on any atom is -0.494 e. The highest BCUT2D eigenvalue weighted by atomic mass is 32.1. The molecule has 0 bridgehead atoms. The van der Waals surface area contributed by atoms with Gasteiger partial charge >= 0.3 is 0 Å². The number of benzene rings is 2. The Morgan fingerprint density at radius 2 is 1.85 bits per heavy atom. The fraction of sp³-hybridized carbons (Fsp3) is 0.423. The molecule has 8 heteroatoms. The third-order valence-electron chi connectivity index (χ3n) is 6.18. The monoisotopic (exact) mass is 477 g/mol. The Balaban J connectivity index is 1.29. The number of aromatic nitrogens is 4. The van der Waals surface area contributed by atoms with Crippen LogP contribution in [0.25, 0.3) is 10.2 Å². The van der Waals surface area contributed by atoms with Gasteiger partial charge in [-0.2, -0.15) is 15.0 Å². The summed E-state index contributed by atoms with van der Waals surface area (Å²) < 4.78 is 14.0. The van der Waals surface area contributed by atoms with E-state index in [0.717, 1.165) is 67.2 Å². The number of hydrogen-bond acceptors (Lipinski definition) is 7. The summed E-state index contributed by atoms with van der Waals surface area (Å²) in [6, 6.07) is 16.6. The highest BCUT2D eigenvalue weighted by Gasteiger charge is 2.26. The highest BCUT2D eigenvalue weighted by molar-refractivity contribution is 7.18. The summed E-state index contributed by atoms with van der Waals surface area (Å²) in [6.07, 6.45) is 7.45. The zero-order valence-electron chi connectivity index (χ0n) is 19.5. The zero-order chi connectivity index (χ0) is 23.2. The maximum absolute atomic E-state index is 6.73. The second-order valence-electron chi connectivity index (χ2n) is 8.79. The fourth-order valence-corrected chi connectivity index (χ4v) is 5.30. The topological polar surface area (TPSA) is 65.3 Å². The molecule has 5 rings (SSSR count). The normalized spacial score (nSPS) is 16.1. The van der Waals surface area contributed by atoms with E-state index in [2.05, 4.69) is 58.5 Å². The molecule has 178 valence electrons. The first kappa shape index (κ1) is 23.0. The summed E-state index contributed by atoms with van der Waals surface area (Å²) >= 11 is 1.72. The van der Waals surface area contributed by atoms with Crippen LogP contribution in [0.5, 0.6) is 5.75 Å². The van der Waals surface area contributed by atoms with E-state index in [1.807, 2.05) is 12.1 Å². The molecular weight excluding hydrogens is 446 g/mol. The van der Waals surface area contributed by atoms with Crippen LogP contribution < -0.4 is 4.74 Å². The summed E-state index contributed by atoms with van der Waals surface area (Å²) in [5.41, 5.74) is 2.12. The van der Waals surface area contributed by atoms with Crippen LogP contribution in [-0.4, -0.2) is 57.7 Å². The smallest absolute Gasteiger partial charge is 0.135 e. The van der Waals surface area contributed by atoms with Crippen LogP contribution >= 0.6 is 11.3 Å². The van der Waals surface area contributed by atoms with Crippen molar-refractivity contribution in [3.05, 3.63) is 71.5 Å². The number of fused-ring (bicyclic) bond motifs is 1. The van der Waals surface area contributed by atoms with Crippen molar-refractivity contribution in [1.29, 1.82) is 0 Å². The van der Waals surface area contributed by atoms with E-state index in [-0.39, 0.29) is 12.2 Å². The van der Waals surface area contributed by atoms with Crippen LogP contribution in [0.4, 0.5) is 0 Å². The van der Waals surface area contributed by atoms with Gasteiger partial charge in [-0.1, -0.05) is 24.3 Å². The third kappa shape index (κ3) is 5.81. The number of thiazole rings is 1. The minimum atomic E-state index is -0.194. The first-order valence-corrected chi connectivity index (χ1v) is 12.8. The Morgan fingerprint density at radius 3 is 2.68 bits per heavy atom. The van der Waals surface area contributed by atoms with Crippen LogP contribution in [0.2, 0.25) is 0 Å². The van der Waals surface area contributed by atoms with Crippen molar-refractivity contribution < 1.29 is 9.47 Å². The standard InChI is InChI=1S/C26H31N5O2S/c1-30-16-11-21(12-17-30)33-25(26-29-23-9-2-3-10-24(23)34-26)20-7-6-8-22(19-20)32-18-5-4-15-31-27-13-14-28-31/h2-3,6-10,13-14,19,21,25H,4-5,11-12,15-18H2,1H3. The third-order valence-corrected chi connectivity index (χ3v) is 7.26. The molecule has 7 nitrogen and oxygen atoms in total. The van der Waals surface area contributed by atoms with Gasteiger partial charge in [0, 0.05) is 13.1 Å². The van der Waals surface area contributed by atoms with E-state index in [4.69, 9.17) is 14.5 Å². The van der Waals surface area contributed by atoms with E-state index in [0.29, 0.717) is 6.61 Å². The van der Waals surface area contributed by atoms with Crippen LogP contribution in [-0.2, 0) is 11.3 Å². The van der Waals surface area contributed by atoms with Gasteiger partial charge in [0.2, 0.25) is 0 Å². The fourth-order valence-electron chi connectivity index (χ4n) is 4.27. The number of para-hydroxylation sites is 1. The van der Waals surface area contributed by atoms with Crippen molar-refractivity contribution in [2.24, 2.45) is 0 Å². The predicted octanol–water partition coefficient (Wildman–Crippen LogP) is 4.95. The predicted molar refractivity (Wildman–Crippen MR) is 134 cm³/mol. The molecule has 0 spiro atoms. The molecule has 0 amide bonds.